The summed E-state index contributed by atoms with van der Waals surface area (Å²) >= 11 is 1.31. The van der Waals surface area contributed by atoms with Crippen LogP contribution in [0.1, 0.15) is 73.3 Å². The predicted octanol–water partition coefficient (Wildman–Crippen LogP) is 4.81. The van der Waals surface area contributed by atoms with E-state index in [0.717, 1.165) is 49.8 Å². The van der Waals surface area contributed by atoms with Gasteiger partial charge in [-0.05, 0) is 43.4 Å². The summed E-state index contributed by atoms with van der Waals surface area (Å²) in [4.78, 5) is 26.5. The van der Waals surface area contributed by atoms with Crippen LogP contribution in [0.25, 0.3) is 0 Å². The van der Waals surface area contributed by atoms with Crippen molar-refractivity contribution in [1.29, 1.82) is 0 Å². The van der Waals surface area contributed by atoms with Crippen LogP contribution >= 0.6 is 11.3 Å². The molecule has 164 valence electrons. The molecule has 6 heteroatoms. The average molecular weight is 432 g/mol. The van der Waals surface area contributed by atoms with Crippen molar-refractivity contribution in [2.45, 2.75) is 77.4 Å². The summed E-state index contributed by atoms with van der Waals surface area (Å²) in [5, 5.41) is 19.7. The summed E-state index contributed by atoms with van der Waals surface area (Å²) in [6.07, 6.45) is 13.3. The van der Waals surface area contributed by atoms with Crippen molar-refractivity contribution >= 4 is 23.2 Å². The third kappa shape index (κ3) is 5.22. The maximum absolute atomic E-state index is 12.2. The first kappa shape index (κ1) is 22.8. The van der Waals surface area contributed by atoms with E-state index in [2.05, 4.69) is 32.1 Å². The monoisotopic (exact) mass is 431 g/mol. The number of rotatable bonds is 11. The van der Waals surface area contributed by atoms with E-state index in [9.17, 15) is 14.7 Å². The van der Waals surface area contributed by atoms with Crippen molar-refractivity contribution in [3.8, 4) is 0 Å². The number of hydrogen-bond donors (Lipinski definition) is 2. The third-order valence-corrected chi connectivity index (χ3v) is 7.55. The predicted molar refractivity (Wildman–Crippen MR) is 120 cm³/mol. The molecule has 1 aromatic heterocycles. The Morgan fingerprint density at radius 2 is 2.13 bits per heavy atom. The third-order valence-electron chi connectivity index (χ3n) is 6.42. The fourth-order valence-corrected chi connectivity index (χ4v) is 5.14. The number of thiophene rings is 1. The van der Waals surface area contributed by atoms with E-state index in [1.54, 1.807) is 6.07 Å². The second-order valence-electron chi connectivity index (χ2n) is 8.74. The SMILES string of the molecule is CCCCCC(O)C1(C)C=CC([C@H]2CC(=O)N2CCCc2ccc(C(=O)O)s2)=CC1. The van der Waals surface area contributed by atoms with E-state index in [1.807, 2.05) is 11.0 Å². The highest BCUT2D eigenvalue weighted by molar-refractivity contribution is 7.13. The van der Waals surface area contributed by atoms with Gasteiger partial charge in [-0.2, -0.15) is 0 Å². The zero-order valence-electron chi connectivity index (χ0n) is 18.0. The number of β-lactam (4-membered cyclic amide) rings is 1. The summed E-state index contributed by atoms with van der Waals surface area (Å²) in [5.41, 5.74) is 0.953. The Morgan fingerprint density at radius 1 is 1.33 bits per heavy atom. The molecule has 2 heterocycles. The Bertz CT molecular complexity index is 827. The standard InChI is InChI=1S/C24H33NO4S/c1-3-4-5-8-21(26)24(2)13-11-17(12-14-24)19-16-22(27)25(19)15-6-7-18-9-10-20(30-18)23(28)29/h9-13,19,21,26H,3-8,14-16H2,1-2H3,(H,28,29)/t19-,21?,24?/m1/s1. The summed E-state index contributed by atoms with van der Waals surface area (Å²) in [5.74, 6) is -0.706. The number of unbranched alkanes of at least 4 members (excludes halogenated alkanes) is 2. The second kappa shape index (κ2) is 9.92. The van der Waals surface area contributed by atoms with Gasteiger partial charge in [-0.15, -0.1) is 11.3 Å². The van der Waals surface area contributed by atoms with Gasteiger partial charge in [0.2, 0.25) is 5.91 Å². The Kier molecular flexibility index (Phi) is 7.53. The number of aliphatic hydroxyl groups is 1. The van der Waals surface area contributed by atoms with Crippen molar-refractivity contribution in [2.75, 3.05) is 6.54 Å². The van der Waals surface area contributed by atoms with Crippen molar-refractivity contribution in [3.63, 3.8) is 0 Å². The fourth-order valence-electron chi connectivity index (χ4n) is 4.26. The number of nitrogens with zero attached hydrogens (tertiary/aromatic N) is 1. The molecule has 0 radical (unpaired) electrons. The van der Waals surface area contributed by atoms with Gasteiger partial charge in [-0.3, -0.25) is 4.79 Å². The molecule has 30 heavy (non-hydrogen) atoms. The van der Waals surface area contributed by atoms with Crippen LogP contribution in [0.3, 0.4) is 0 Å². The fraction of sp³-hybridized carbons (Fsp3) is 0.583. The molecule has 1 saturated heterocycles. The molecule has 2 unspecified atom stereocenters. The van der Waals surface area contributed by atoms with Gasteiger partial charge >= 0.3 is 5.97 Å². The summed E-state index contributed by atoms with van der Waals surface area (Å²) in [6.45, 7) is 4.97. The molecule has 1 amide bonds. The molecule has 2 aliphatic rings. The molecule has 1 aromatic rings. The molecule has 3 rings (SSSR count). The zero-order chi connectivity index (χ0) is 21.7. The zero-order valence-corrected chi connectivity index (χ0v) is 18.8. The van der Waals surface area contributed by atoms with E-state index in [1.165, 1.54) is 16.9 Å². The average Bonchev–Trinajstić information content (AvgIpc) is 3.19. The normalized spacial score (nSPS) is 24.5. The topological polar surface area (TPSA) is 77.8 Å². The molecule has 0 spiro atoms. The van der Waals surface area contributed by atoms with Crippen LogP contribution in [0.2, 0.25) is 0 Å². The lowest BCUT2D eigenvalue weighted by Gasteiger charge is -2.43. The quantitative estimate of drug-likeness (QED) is 0.389. The minimum absolute atomic E-state index is 0.133. The van der Waals surface area contributed by atoms with Crippen LogP contribution in [-0.2, 0) is 11.2 Å². The first-order valence-corrected chi connectivity index (χ1v) is 11.8. The van der Waals surface area contributed by atoms with Gasteiger partial charge in [0.15, 0.2) is 0 Å². The highest BCUT2D eigenvalue weighted by Crippen LogP contribution is 2.38. The number of aryl methyl sites for hydroxylation is 1. The van der Waals surface area contributed by atoms with Gasteiger partial charge in [0.05, 0.1) is 18.6 Å². The molecule has 0 bridgehead atoms. The number of hydrogen-bond acceptors (Lipinski definition) is 4. The van der Waals surface area contributed by atoms with Crippen molar-refractivity contribution in [2.24, 2.45) is 5.41 Å². The number of carbonyl (C=O) groups is 2. The number of aromatic carboxylic acids is 1. The summed E-state index contributed by atoms with van der Waals surface area (Å²) in [6, 6.07) is 3.64. The molecule has 3 atom stereocenters. The number of likely N-dealkylation sites (tertiary alicyclic amines) is 1. The van der Waals surface area contributed by atoms with Gasteiger partial charge in [0, 0.05) is 16.8 Å². The maximum atomic E-state index is 12.2. The van der Waals surface area contributed by atoms with Gasteiger partial charge in [-0.25, -0.2) is 4.79 Å². The Hall–Kier alpha value is -1.92. The number of aliphatic hydroxyl groups excluding tert-OH is 1. The van der Waals surface area contributed by atoms with E-state index in [4.69, 9.17) is 5.11 Å². The lowest BCUT2D eigenvalue weighted by molar-refractivity contribution is -0.143. The smallest absolute Gasteiger partial charge is 0.345 e. The maximum Gasteiger partial charge on any atom is 0.345 e. The van der Waals surface area contributed by atoms with E-state index >= 15 is 0 Å². The largest absolute Gasteiger partial charge is 0.477 e. The number of amides is 1. The van der Waals surface area contributed by atoms with E-state index in [0.29, 0.717) is 17.8 Å². The molecule has 0 saturated carbocycles. The number of carbonyl (C=O) groups excluding carboxylic acids is 1. The second-order valence-corrected chi connectivity index (χ2v) is 9.91. The molecule has 5 nitrogen and oxygen atoms in total. The molecular weight excluding hydrogens is 398 g/mol. The van der Waals surface area contributed by atoms with Crippen molar-refractivity contribution in [1.82, 2.24) is 4.90 Å². The molecule has 0 aromatic carbocycles. The highest BCUT2D eigenvalue weighted by Gasteiger charge is 2.39. The van der Waals surface area contributed by atoms with Gasteiger partial charge < -0.3 is 15.1 Å². The van der Waals surface area contributed by atoms with Gasteiger partial charge in [0.25, 0.3) is 0 Å². The molecule has 2 N–H and O–H groups in total. The van der Waals surface area contributed by atoms with Crippen LogP contribution in [0.15, 0.2) is 35.9 Å². The van der Waals surface area contributed by atoms with Crippen molar-refractivity contribution < 1.29 is 19.8 Å². The molecular formula is C24H33NO4S. The lowest BCUT2D eigenvalue weighted by Crippen LogP contribution is -2.53. The molecule has 1 aliphatic carbocycles. The Morgan fingerprint density at radius 3 is 2.73 bits per heavy atom. The highest BCUT2D eigenvalue weighted by atomic mass is 32.1. The number of allylic oxidation sites excluding steroid dienone is 1. The van der Waals surface area contributed by atoms with E-state index in [-0.39, 0.29) is 23.5 Å². The lowest BCUT2D eigenvalue weighted by atomic mass is 9.74. The van der Waals surface area contributed by atoms with Gasteiger partial charge in [0.1, 0.15) is 4.88 Å². The van der Waals surface area contributed by atoms with Crippen LogP contribution in [0, 0.1) is 5.41 Å². The van der Waals surface area contributed by atoms with Crippen LogP contribution in [0.5, 0.6) is 0 Å². The first-order valence-electron chi connectivity index (χ1n) is 11.0. The van der Waals surface area contributed by atoms with Crippen LogP contribution < -0.4 is 0 Å². The molecule has 1 fully saturated rings. The summed E-state index contributed by atoms with van der Waals surface area (Å²) in [7, 11) is 0. The first-order chi connectivity index (χ1) is 14.3. The Balaban J connectivity index is 1.50. The number of carboxylic acid groups (broad SMARTS) is 1. The van der Waals surface area contributed by atoms with Gasteiger partial charge in [-0.1, -0.05) is 51.3 Å². The molecule has 1 aliphatic heterocycles. The van der Waals surface area contributed by atoms with Crippen LogP contribution in [-0.4, -0.2) is 45.7 Å². The van der Waals surface area contributed by atoms with E-state index < -0.39 is 5.97 Å². The number of carboxylic acids is 1. The van der Waals surface area contributed by atoms with Crippen LogP contribution in [0.4, 0.5) is 0 Å². The van der Waals surface area contributed by atoms with Crippen molar-refractivity contribution in [3.05, 3.63) is 45.7 Å². The minimum atomic E-state index is -0.886. The minimum Gasteiger partial charge on any atom is -0.477 e. The summed E-state index contributed by atoms with van der Waals surface area (Å²) < 4.78 is 0. The Labute approximate surface area is 183 Å².